The molecule has 3 heterocycles. The van der Waals surface area contributed by atoms with Crippen LogP contribution in [-0.2, 0) is 0 Å². The van der Waals surface area contributed by atoms with Crippen LogP contribution in [0.2, 0.25) is 0 Å². The smallest absolute Gasteiger partial charge is 0.127 e. The lowest BCUT2D eigenvalue weighted by Crippen LogP contribution is -2.53. The SMILES string of the molecule is Cl.Cl.c1ccc(Oc2ccc(NC3CN4CCC3CC4)cc2)cc1. The first-order valence-electron chi connectivity index (χ1n) is 8.19. The molecule has 1 atom stereocenters. The van der Waals surface area contributed by atoms with Gasteiger partial charge in [0.15, 0.2) is 0 Å². The molecule has 0 spiro atoms. The molecule has 0 aromatic heterocycles. The van der Waals surface area contributed by atoms with Crippen molar-refractivity contribution in [3.63, 3.8) is 0 Å². The lowest BCUT2D eigenvalue weighted by molar-refractivity contribution is 0.0975. The monoisotopic (exact) mass is 366 g/mol. The molecule has 5 rings (SSSR count). The lowest BCUT2D eigenvalue weighted by atomic mass is 9.84. The van der Waals surface area contributed by atoms with Gasteiger partial charge in [0.05, 0.1) is 0 Å². The second kappa shape index (κ2) is 8.61. The minimum absolute atomic E-state index is 0. The normalized spacial score (nSPS) is 24.4. The van der Waals surface area contributed by atoms with Gasteiger partial charge in [-0.25, -0.2) is 0 Å². The van der Waals surface area contributed by atoms with Gasteiger partial charge < -0.3 is 15.0 Å². The van der Waals surface area contributed by atoms with Crippen LogP contribution in [0.15, 0.2) is 54.6 Å². The summed E-state index contributed by atoms with van der Waals surface area (Å²) in [4.78, 5) is 2.57. The highest BCUT2D eigenvalue weighted by Crippen LogP contribution is 2.30. The number of para-hydroxylation sites is 1. The van der Waals surface area contributed by atoms with Crippen LogP contribution in [-0.4, -0.2) is 30.6 Å². The van der Waals surface area contributed by atoms with Crippen molar-refractivity contribution in [2.24, 2.45) is 5.92 Å². The zero-order chi connectivity index (χ0) is 14.8. The third-order valence-electron chi connectivity index (χ3n) is 4.84. The first kappa shape index (κ1) is 18.9. The molecule has 3 fully saturated rings. The molecule has 130 valence electrons. The molecule has 0 amide bonds. The number of hydrogen-bond acceptors (Lipinski definition) is 3. The maximum Gasteiger partial charge on any atom is 0.127 e. The van der Waals surface area contributed by atoms with E-state index in [0.29, 0.717) is 6.04 Å². The average molecular weight is 367 g/mol. The Labute approximate surface area is 156 Å². The number of rotatable bonds is 4. The fourth-order valence-electron chi connectivity index (χ4n) is 3.59. The predicted molar refractivity (Wildman–Crippen MR) is 104 cm³/mol. The van der Waals surface area contributed by atoms with E-state index < -0.39 is 0 Å². The van der Waals surface area contributed by atoms with E-state index in [1.165, 1.54) is 38.2 Å². The fraction of sp³-hybridized carbons (Fsp3) is 0.368. The van der Waals surface area contributed by atoms with Crippen LogP contribution in [0.5, 0.6) is 11.5 Å². The van der Waals surface area contributed by atoms with Crippen molar-refractivity contribution in [1.82, 2.24) is 4.90 Å². The number of benzene rings is 2. The zero-order valence-corrected chi connectivity index (χ0v) is 15.2. The minimum Gasteiger partial charge on any atom is -0.457 e. The number of halogens is 2. The standard InChI is InChI=1S/C19H22N2O.2ClH/c1-2-4-17(5-3-1)22-18-8-6-16(7-9-18)20-19-14-21-12-10-15(19)11-13-21;;/h1-9,15,19-20H,10-14H2;2*1H. The molecule has 24 heavy (non-hydrogen) atoms. The Bertz CT molecular complexity index is 613. The molecule has 2 aromatic carbocycles. The van der Waals surface area contributed by atoms with Crippen molar-refractivity contribution in [3.8, 4) is 11.5 Å². The number of fused-ring (bicyclic) bond motifs is 3. The number of ether oxygens (including phenoxy) is 1. The van der Waals surface area contributed by atoms with E-state index in [1.807, 2.05) is 42.5 Å². The molecule has 5 heteroatoms. The van der Waals surface area contributed by atoms with E-state index in [0.717, 1.165) is 17.4 Å². The third-order valence-corrected chi connectivity index (χ3v) is 4.84. The van der Waals surface area contributed by atoms with Crippen LogP contribution in [0.4, 0.5) is 5.69 Å². The largest absolute Gasteiger partial charge is 0.457 e. The number of piperidine rings is 3. The van der Waals surface area contributed by atoms with Crippen LogP contribution < -0.4 is 10.1 Å². The lowest BCUT2D eigenvalue weighted by Gasteiger charge is -2.45. The third kappa shape index (κ3) is 4.35. The van der Waals surface area contributed by atoms with Gasteiger partial charge in [0.2, 0.25) is 0 Å². The van der Waals surface area contributed by atoms with Gasteiger partial charge in [-0.15, -0.1) is 24.8 Å². The van der Waals surface area contributed by atoms with E-state index in [2.05, 4.69) is 22.3 Å². The highest BCUT2D eigenvalue weighted by atomic mass is 35.5. The molecule has 0 saturated carbocycles. The Morgan fingerprint density at radius 3 is 2.04 bits per heavy atom. The Morgan fingerprint density at radius 1 is 0.833 bits per heavy atom. The number of nitrogens with zero attached hydrogens (tertiary/aromatic N) is 1. The molecular weight excluding hydrogens is 343 g/mol. The molecule has 1 N–H and O–H groups in total. The van der Waals surface area contributed by atoms with Crippen LogP contribution in [0, 0.1) is 5.92 Å². The first-order valence-corrected chi connectivity index (χ1v) is 8.19. The van der Waals surface area contributed by atoms with Crippen LogP contribution >= 0.6 is 24.8 Å². The van der Waals surface area contributed by atoms with Crippen LogP contribution in [0.25, 0.3) is 0 Å². The molecule has 1 unspecified atom stereocenters. The van der Waals surface area contributed by atoms with E-state index in [1.54, 1.807) is 0 Å². The van der Waals surface area contributed by atoms with Crippen molar-refractivity contribution in [1.29, 1.82) is 0 Å². The summed E-state index contributed by atoms with van der Waals surface area (Å²) in [5.41, 5.74) is 1.19. The van der Waals surface area contributed by atoms with Gasteiger partial charge in [0, 0.05) is 18.3 Å². The van der Waals surface area contributed by atoms with Gasteiger partial charge >= 0.3 is 0 Å². The van der Waals surface area contributed by atoms with Crippen molar-refractivity contribution < 1.29 is 4.74 Å². The van der Waals surface area contributed by atoms with Crippen molar-refractivity contribution in [2.75, 3.05) is 25.0 Å². The summed E-state index contributed by atoms with van der Waals surface area (Å²) in [5.74, 6) is 2.59. The van der Waals surface area contributed by atoms with Gasteiger partial charge in [-0.05, 0) is 68.2 Å². The zero-order valence-electron chi connectivity index (χ0n) is 13.6. The summed E-state index contributed by atoms with van der Waals surface area (Å²) < 4.78 is 5.84. The highest BCUT2D eigenvalue weighted by Gasteiger charge is 2.33. The van der Waals surface area contributed by atoms with Crippen molar-refractivity contribution in [3.05, 3.63) is 54.6 Å². The Morgan fingerprint density at radius 2 is 1.46 bits per heavy atom. The number of nitrogens with one attached hydrogen (secondary N) is 1. The van der Waals surface area contributed by atoms with Gasteiger partial charge in [-0.3, -0.25) is 0 Å². The summed E-state index contributed by atoms with van der Waals surface area (Å²) in [6.45, 7) is 3.76. The summed E-state index contributed by atoms with van der Waals surface area (Å²) in [6, 6.07) is 18.8. The van der Waals surface area contributed by atoms with Gasteiger partial charge in [0.1, 0.15) is 11.5 Å². The quantitative estimate of drug-likeness (QED) is 0.838. The Hall–Kier alpha value is -1.42. The number of anilines is 1. The summed E-state index contributed by atoms with van der Waals surface area (Å²) in [6.07, 6.45) is 2.68. The van der Waals surface area contributed by atoms with Crippen LogP contribution in [0.3, 0.4) is 0 Å². The van der Waals surface area contributed by atoms with E-state index in [-0.39, 0.29) is 24.8 Å². The molecule has 0 radical (unpaired) electrons. The second-order valence-electron chi connectivity index (χ2n) is 6.33. The maximum absolute atomic E-state index is 5.84. The van der Waals surface area contributed by atoms with Gasteiger partial charge in [-0.1, -0.05) is 18.2 Å². The van der Waals surface area contributed by atoms with Gasteiger partial charge in [-0.2, -0.15) is 0 Å². The highest BCUT2D eigenvalue weighted by molar-refractivity contribution is 5.85. The average Bonchev–Trinajstić information content (AvgIpc) is 2.59. The van der Waals surface area contributed by atoms with E-state index >= 15 is 0 Å². The topological polar surface area (TPSA) is 24.5 Å². The molecular formula is C19H24Cl2N2O. The van der Waals surface area contributed by atoms with Crippen molar-refractivity contribution in [2.45, 2.75) is 18.9 Å². The van der Waals surface area contributed by atoms with Crippen LogP contribution in [0.1, 0.15) is 12.8 Å². The fourth-order valence-corrected chi connectivity index (χ4v) is 3.59. The molecule has 3 saturated heterocycles. The van der Waals surface area contributed by atoms with Gasteiger partial charge in [0.25, 0.3) is 0 Å². The molecule has 3 nitrogen and oxygen atoms in total. The number of hydrogen-bond donors (Lipinski definition) is 1. The second-order valence-corrected chi connectivity index (χ2v) is 6.33. The Balaban J connectivity index is 0.00000104. The maximum atomic E-state index is 5.84. The molecule has 3 aliphatic heterocycles. The molecule has 0 aliphatic carbocycles. The molecule has 3 aliphatic rings. The molecule has 2 bridgehead atoms. The van der Waals surface area contributed by atoms with E-state index in [9.17, 15) is 0 Å². The Kier molecular flexibility index (Phi) is 6.79. The summed E-state index contributed by atoms with van der Waals surface area (Å²) in [5, 5.41) is 3.71. The first-order chi connectivity index (χ1) is 10.9. The summed E-state index contributed by atoms with van der Waals surface area (Å²) >= 11 is 0. The minimum atomic E-state index is 0. The molecule has 2 aromatic rings. The summed E-state index contributed by atoms with van der Waals surface area (Å²) in [7, 11) is 0. The predicted octanol–water partition coefficient (Wildman–Crippen LogP) is 4.83. The van der Waals surface area contributed by atoms with E-state index in [4.69, 9.17) is 4.74 Å². The van der Waals surface area contributed by atoms with Crippen molar-refractivity contribution >= 4 is 30.5 Å².